The summed E-state index contributed by atoms with van der Waals surface area (Å²) in [5.74, 6) is 0. The van der Waals surface area contributed by atoms with Crippen molar-refractivity contribution in [3.8, 4) is 0 Å². The molecule has 2 aromatic carbocycles. The van der Waals surface area contributed by atoms with E-state index in [-0.39, 0.29) is 0 Å². The molecule has 16 heavy (non-hydrogen) atoms. The Bertz CT molecular complexity index is 492. The molecule has 0 aliphatic rings. The van der Waals surface area contributed by atoms with Crippen LogP contribution in [0.4, 0.5) is 17.1 Å². The number of nitrogen functional groups attached to an aromatic ring is 1. The SMILES string of the molecule is Cc1cccc(Nc2ccc(Br)cc2)c1N. The Kier molecular flexibility index (Phi) is 3.15. The summed E-state index contributed by atoms with van der Waals surface area (Å²) in [6.07, 6.45) is 0. The average Bonchev–Trinajstić information content (AvgIpc) is 2.28. The Hall–Kier alpha value is -1.48. The van der Waals surface area contributed by atoms with Crippen LogP contribution in [-0.4, -0.2) is 0 Å². The lowest BCUT2D eigenvalue weighted by Crippen LogP contribution is -1.97. The fourth-order valence-corrected chi connectivity index (χ4v) is 1.74. The minimum absolute atomic E-state index is 0.797. The lowest BCUT2D eigenvalue weighted by atomic mass is 10.1. The van der Waals surface area contributed by atoms with E-state index in [0.29, 0.717) is 0 Å². The van der Waals surface area contributed by atoms with E-state index in [2.05, 4.69) is 21.2 Å². The number of nitrogens with one attached hydrogen (secondary N) is 1. The number of halogens is 1. The van der Waals surface area contributed by atoms with Crippen LogP contribution in [0.3, 0.4) is 0 Å². The van der Waals surface area contributed by atoms with E-state index in [4.69, 9.17) is 5.73 Å². The van der Waals surface area contributed by atoms with Crippen LogP contribution in [0.25, 0.3) is 0 Å². The van der Waals surface area contributed by atoms with Crippen molar-refractivity contribution < 1.29 is 0 Å². The van der Waals surface area contributed by atoms with Crippen molar-refractivity contribution in [2.45, 2.75) is 6.92 Å². The topological polar surface area (TPSA) is 38.0 Å². The molecule has 0 saturated carbocycles. The highest BCUT2D eigenvalue weighted by Crippen LogP contribution is 2.26. The molecular weight excluding hydrogens is 264 g/mol. The molecule has 0 aliphatic carbocycles. The van der Waals surface area contributed by atoms with Crippen molar-refractivity contribution in [2.75, 3.05) is 11.1 Å². The number of benzene rings is 2. The highest BCUT2D eigenvalue weighted by Gasteiger charge is 2.01. The molecule has 0 amide bonds. The number of nitrogens with two attached hydrogens (primary N) is 1. The van der Waals surface area contributed by atoms with Gasteiger partial charge in [-0.15, -0.1) is 0 Å². The molecule has 0 unspecified atom stereocenters. The van der Waals surface area contributed by atoms with E-state index in [1.807, 2.05) is 49.4 Å². The predicted molar refractivity (Wildman–Crippen MR) is 73.0 cm³/mol. The lowest BCUT2D eigenvalue weighted by molar-refractivity contribution is 1.45. The Labute approximate surface area is 104 Å². The average molecular weight is 277 g/mol. The van der Waals surface area contributed by atoms with Gasteiger partial charge >= 0.3 is 0 Å². The quantitative estimate of drug-likeness (QED) is 0.811. The fourth-order valence-electron chi connectivity index (χ4n) is 1.48. The highest BCUT2D eigenvalue weighted by molar-refractivity contribution is 9.10. The predicted octanol–water partition coefficient (Wildman–Crippen LogP) is 4.08. The summed E-state index contributed by atoms with van der Waals surface area (Å²) >= 11 is 3.40. The Morgan fingerprint density at radius 3 is 2.44 bits per heavy atom. The van der Waals surface area contributed by atoms with Gasteiger partial charge in [0.1, 0.15) is 0 Å². The molecule has 2 aromatic rings. The van der Waals surface area contributed by atoms with Gasteiger partial charge in [-0.1, -0.05) is 28.1 Å². The van der Waals surface area contributed by atoms with E-state index >= 15 is 0 Å². The molecule has 0 fully saturated rings. The van der Waals surface area contributed by atoms with Crippen LogP contribution in [0.5, 0.6) is 0 Å². The van der Waals surface area contributed by atoms with Gasteiger partial charge in [0.15, 0.2) is 0 Å². The third kappa shape index (κ3) is 2.36. The number of anilines is 3. The van der Waals surface area contributed by atoms with Gasteiger partial charge in [0.25, 0.3) is 0 Å². The Morgan fingerprint density at radius 2 is 1.75 bits per heavy atom. The number of aryl methyl sites for hydroxylation is 1. The van der Waals surface area contributed by atoms with Gasteiger partial charge in [-0.2, -0.15) is 0 Å². The van der Waals surface area contributed by atoms with E-state index in [1.165, 1.54) is 0 Å². The molecular formula is C13H13BrN2. The van der Waals surface area contributed by atoms with Gasteiger partial charge in [-0.05, 0) is 42.8 Å². The molecule has 0 spiro atoms. The van der Waals surface area contributed by atoms with Crippen LogP contribution in [0, 0.1) is 6.92 Å². The van der Waals surface area contributed by atoms with Crippen LogP contribution >= 0.6 is 15.9 Å². The molecule has 0 heterocycles. The number of hydrogen-bond donors (Lipinski definition) is 2. The molecule has 0 bridgehead atoms. The normalized spacial score (nSPS) is 10.1. The Balaban J connectivity index is 2.27. The number of rotatable bonds is 2. The molecule has 3 heteroatoms. The second-order valence-corrected chi connectivity index (χ2v) is 4.58. The zero-order valence-electron chi connectivity index (χ0n) is 9.00. The molecule has 0 radical (unpaired) electrons. The van der Waals surface area contributed by atoms with Crippen molar-refractivity contribution >= 4 is 33.0 Å². The highest BCUT2D eigenvalue weighted by atomic mass is 79.9. The van der Waals surface area contributed by atoms with Crippen molar-refractivity contribution in [1.29, 1.82) is 0 Å². The second kappa shape index (κ2) is 4.58. The first-order valence-electron chi connectivity index (χ1n) is 5.04. The van der Waals surface area contributed by atoms with Gasteiger partial charge < -0.3 is 11.1 Å². The largest absolute Gasteiger partial charge is 0.397 e. The zero-order valence-corrected chi connectivity index (χ0v) is 10.6. The Morgan fingerprint density at radius 1 is 1.06 bits per heavy atom. The standard InChI is InChI=1S/C13H13BrN2/c1-9-3-2-4-12(13(9)15)16-11-7-5-10(14)6-8-11/h2-8,16H,15H2,1H3. The summed E-state index contributed by atoms with van der Waals surface area (Å²) in [7, 11) is 0. The van der Waals surface area contributed by atoms with Crippen molar-refractivity contribution in [3.05, 3.63) is 52.5 Å². The molecule has 0 saturated heterocycles. The fraction of sp³-hybridized carbons (Fsp3) is 0.0769. The second-order valence-electron chi connectivity index (χ2n) is 3.67. The summed E-state index contributed by atoms with van der Waals surface area (Å²) < 4.78 is 1.07. The van der Waals surface area contributed by atoms with Gasteiger partial charge in [0, 0.05) is 10.2 Å². The van der Waals surface area contributed by atoms with Crippen LogP contribution in [0.2, 0.25) is 0 Å². The maximum absolute atomic E-state index is 5.99. The lowest BCUT2D eigenvalue weighted by Gasteiger charge is -2.11. The zero-order chi connectivity index (χ0) is 11.5. The maximum Gasteiger partial charge on any atom is 0.0620 e. The van der Waals surface area contributed by atoms with Crippen molar-refractivity contribution in [1.82, 2.24) is 0 Å². The van der Waals surface area contributed by atoms with Crippen molar-refractivity contribution in [3.63, 3.8) is 0 Å². The maximum atomic E-state index is 5.99. The van der Waals surface area contributed by atoms with Crippen LogP contribution < -0.4 is 11.1 Å². The number of para-hydroxylation sites is 1. The van der Waals surface area contributed by atoms with Crippen LogP contribution in [-0.2, 0) is 0 Å². The van der Waals surface area contributed by atoms with E-state index in [9.17, 15) is 0 Å². The molecule has 0 aromatic heterocycles. The summed E-state index contributed by atoms with van der Waals surface area (Å²) in [6, 6.07) is 14.0. The third-order valence-corrected chi connectivity index (χ3v) is 2.98. The summed E-state index contributed by atoms with van der Waals surface area (Å²) in [5.41, 5.74) is 9.85. The van der Waals surface area contributed by atoms with Gasteiger partial charge in [-0.3, -0.25) is 0 Å². The summed E-state index contributed by atoms with van der Waals surface area (Å²) in [4.78, 5) is 0. The van der Waals surface area contributed by atoms with Crippen LogP contribution in [0.1, 0.15) is 5.56 Å². The molecule has 0 atom stereocenters. The van der Waals surface area contributed by atoms with E-state index in [1.54, 1.807) is 0 Å². The molecule has 0 aliphatic heterocycles. The van der Waals surface area contributed by atoms with Crippen molar-refractivity contribution in [2.24, 2.45) is 0 Å². The first-order valence-corrected chi connectivity index (χ1v) is 5.84. The van der Waals surface area contributed by atoms with Gasteiger partial charge in [0.05, 0.1) is 11.4 Å². The van der Waals surface area contributed by atoms with E-state index < -0.39 is 0 Å². The van der Waals surface area contributed by atoms with Gasteiger partial charge in [-0.25, -0.2) is 0 Å². The monoisotopic (exact) mass is 276 g/mol. The first-order chi connectivity index (χ1) is 7.66. The number of hydrogen-bond acceptors (Lipinski definition) is 2. The molecule has 3 N–H and O–H groups in total. The smallest absolute Gasteiger partial charge is 0.0620 e. The molecule has 2 rings (SSSR count). The van der Waals surface area contributed by atoms with E-state index in [0.717, 1.165) is 27.1 Å². The first kappa shape index (κ1) is 11.0. The summed E-state index contributed by atoms with van der Waals surface area (Å²) in [5, 5.41) is 3.29. The third-order valence-electron chi connectivity index (χ3n) is 2.45. The minimum Gasteiger partial charge on any atom is -0.397 e. The van der Waals surface area contributed by atoms with Crippen LogP contribution in [0.15, 0.2) is 46.9 Å². The molecule has 2 nitrogen and oxygen atoms in total. The molecule has 82 valence electrons. The summed E-state index contributed by atoms with van der Waals surface area (Å²) in [6.45, 7) is 2.00. The minimum atomic E-state index is 0.797. The van der Waals surface area contributed by atoms with Gasteiger partial charge in [0.2, 0.25) is 0 Å².